The number of hydrogen-bond acceptors (Lipinski definition) is 6. The second kappa shape index (κ2) is 7.87. The number of phenolic OH excluding ortho intramolecular Hbond substituents is 1. The van der Waals surface area contributed by atoms with Gasteiger partial charge in [0.15, 0.2) is 5.75 Å². The number of methoxy groups -OCH3 is 1. The molecule has 10 heteroatoms. The van der Waals surface area contributed by atoms with E-state index in [4.69, 9.17) is 32.7 Å². The first kappa shape index (κ1) is 20.9. The fraction of sp³-hybridized carbons (Fsp3) is 0.333. The van der Waals surface area contributed by atoms with Gasteiger partial charge in [0.1, 0.15) is 23.0 Å². The fourth-order valence-corrected chi connectivity index (χ4v) is 4.81. The second-order valence-corrected chi connectivity index (χ2v) is 9.09. The Balaban J connectivity index is 2.03. The summed E-state index contributed by atoms with van der Waals surface area (Å²) in [7, 11) is 1.27. The van der Waals surface area contributed by atoms with Crippen molar-refractivity contribution < 1.29 is 23.0 Å². The van der Waals surface area contributed by atoms with Crippen LogP contribution in [-0.4, -0.2) is 52.3 Å². The van der Waals surface area contributed by atoms with Crippen molar-refractivity contribution in [3.05, 3.63) is 39.9 Å². The van der Waals surface area contributed by atoms with Gasteiger partial charge in [-0.2, -0.15) is 0 Å². The van der Waals surface area contributed by atoms with E-state index in [0.717, 1.165) is 11.6 Å². The molecular weight excluding hydrogens is 427 g/mol. The van der Waals surface area contributed by atoms with Crippen LogP contribution < -0.4 is 14.2 Å². The van der Waals surface area contributed by atoms with Crippen LogP contribution in [0.4, 0.5) is 5.69 Å². The summed E-state index contributed by atoms with van der Waals surface area (Å²) in [5.41, 5.74) is 1.00. The van der Waals surface area contributed by atoms with Gasteiger partial charge in [0, 0.05) is 16.6 Å². The highest BCUT2D eigenvalue weighted by atomic mass is 35.5. The Bertz CT molecular complexity index is 1010. The van der Waals surface area contributed by atoms with E-state index in [1.807, 2.05) is 19.0 Å². The highest BCUT2D eigenvalue weighted by Gasteiger charge is 2.29. The Labute approximate surface area is 173 Å². The number of phenols is 1. The largest absolute Gasteiger partial charge is 0.505 e. The van der Waals surface area contributed by atoms with Crippen LogP contribution in [0.3, 0.4) is 0 Å². The molecule has 1 heterocycles. The molecule has 2 aromatic carbocycles. The number of ether oxygens (including phenoxy) is 2. The quantitative estimate of drug-likeness (QED) is 0.731. The van der Waals surface area contributed by atoms with E-state index in [1.54, 1.807) is 19.2 Å². The number of nitrogens with zero attached hydrogens (tertiary/aromatic N) is 1. The minimum atomic E-state index is -4.17. The minimum Gasteiger partial charge on any atom is -0.505 e. The smallest absolute Gasteiger partial charge is 0.265 e. The Morgan fingerprint density at radius 2 is 2.00 bits per heavy atom. The average Bonchev–Trinajstić information content (AvgIpc) is 2.64. The Kier molecular flexibility index (Phi) is 5.86. The molecule has 0 amide bonds. The van der Waals surface area contributed by atoms with Gasteiger partial charge in [0.05, 0.1) is 17.8 Å². The van der Waals surface area contributed by atoms with Crippen molar-refractivity contribution in [3.63, 3.8) is 0 Å². The molecule has 0 saturated heterocycles. The molecule has 1 atom stereocenters. The summed E-state index contributed by atoms with van der Waals surface area (Å²) < 4.78 is 39.4. The van der Waals surface area contributed by atoms with Gasteiger partial charge in [-0.1, -0.05) is 23.2 Å². The van der Waals surface area contributed by atoms with Crippen molar-refractivity contribution in [1.29, 1.82) is 0 Å². The van der Waals surface area contributed by atoms with E-state index in [9.17, 15) is 13.5 Å². The Hall–Kier alpha value is -1.87. The summed E-state index contributed by atoms with van der Waals surface area (Å²) in [6.07, 6.45) is 0.634. The number of aromatic hydroxyl groups is 1. The molecule has 0 fully saturated rings. The molecule has 28 heavy (non-hydrogen) atoms. The van der Waals surface area contributed by atoms with Crippen LogP contribution in [0.1, 0.15) is 5.56 Å². The van der Waals surface area contributed by atoms with Crippen LogP contribution in [0.15, 0.2) is 29.2 Å². The molecular formula is C18H20Cl2N2O5S. The number of sulfonamides is 1. The summed E-state index contributed by atoms with van der Waals surface area (Å²) in [5, 5.41) is 10.0. The van der Waals surface area contributed by atoms with Gasteiger partial charge in [-0.05, 0) is 44.8 Å². The predicted octanol–water partition coefficient (Wildman–Crippen LogP) is 3.37. The van der Waals surface area contributed by atoms with E-state index < -0.39 is 20.7 Å². The zero-order valence-corrected chi connectivity index (χ0v) is 17.8. The van der Waals surface area contributed by atoms with Crippen LogP contribution in [0.2, 0.25) is 10.0 Å². The van der Waals surface area contributed by atoms with Crippen molar-refractivity contribution >= 4 is 38.9 Å². The topological polar surface area (TPSA) is 88.1 Å². The van der Waals surface area contributed by atoms with Gasteiger partial charge >= 0.3 is 0 Å². The van der Waals surface area contributed by atoms with Crippen molar-refractivity contribution in [3.8, 4) is 17.2 Å². The van der Waals surface area contributed by atoms with Crippen LogP contribution in [0.25, 0.3) is 0 Å². The SMILES string of the molecule is COc1ccc(NS(=O)(=O)c2cc(Cl)cc(Cl)c2O)c2c1C[C@@H](N(C)C)CO2. The second-order valence-electron chi connectivity index (χ2n) is 6.60. The highest BCUT2D eigenvalue weighted by molar-refractivity contribution is 7.92. The van der Waals surface area contributed by atoms with Gasteiger partial charge in [-0.25, -0.2) is 8.42 Å². The lowest BCUT2D eigenvalue weighted by Gasteiger charge is -2.32. The highest BCUT2D eigenvalue weighted by Crippen LogP contribution is 2.42. The lowest BCUT2D eigenvalue weighted by Crippen LogP contribution is -2.38. The molecule has 2 aromatic rings. The third-order valence-corrected chi connectivity index (χ3v) is 6.44. The molecule has 0 unspecified atom stereocenters. The molecule has 1 aliphatic rings. The number of likely N-dealkylation sites (N-methyl/N-ethyl adjacent to an activating group) is 1. The van der Waals surface area contributed by atoms with E-state index >= 15 is 0 Å². The lowest BCUT2D eigenvalue weighted by atomic mass is 10.00. The predicted molar refractivity (Wildman–Crippen MR) is 109 cm³/mol. The molecule has 0 spiro atoms. The summed E-state index contributed by atoms with van der Waals surface area (Å²) >= 11 is 11.8. The standard InChI is InChI=1S/C18H20Cl2N2O5S/c1-22(2)11-8-12-15(26-3)5-4-14(18(12)27-9-11)21-28(24,25)16-7-10(19)6-13(20)17(16)23/h4-7,11,21,23H,8-9H2,1-3H3/t11-/m1/s1. The maximum Gasteiger partial charge on any atom is 0.265 e. The Morgan fingerprint density at radius 1 is 1.29 bits per heavy atom. The molecule has 0 aromatic heterocycles. The molecule has 2 N–H and O–H groups in total. The minimum absolute atomic E-state index is 0.0880. The number of nitrogens with one attached hydrogen (secondary N) is 1. The number of benzene rings is 2. The zero-order valence-electron chi connectivity index (χ0n) is 15.5. The summed E-state index contributed by atoms with van der Waals surface area (Å²) in [6, 6.07) is 5.74. The first-order chi connectivity index (χ1) is 13.1. The maximum atomic E-state index is 12.9. The average molecular weight is 447 g/mol. The number of rotatable bonds is 5. The number of anilines is 1. The summed E-state index contributed by atoms with van der Waals surface area (Å²) in [4.78, 5) is 1.61. The molecule has 152 valence electrons. The number of fused-ring (bicyclic) bond motifs is 1. The normalized spacial score (nSPS) is 16.4. The van der Waals surface area contributed by atoms with Crippen LogP contribution in [0, 0.1) is 0 Å². The Morgan fingerprint density at radius 3 is 2.64 bits per heavy atom. The van der Waals surface area contributed by atoms with Crippen molar-refractivity contribution in [2.45, 2.75) is 17.4 Å². The molecule has 0 saturated carbocycles. The van der Waals surface area contributed by atoms with Gasteiger partial charge in [-0.15, -0.1) is 0 Å². The van der Waals surface area contributed by atoms with Gasteiger partial charge in [-0.3, -0.25) is 4.72 Å². The molecule has 7 nitrogen and oxygen atoms in total. The number of hydrogen-bond donors (Lipinski definition) is 2. The molecule has 0 aliphatic carbocycles. The monoisotopic (exact) mass is 446 g/mol. The summed E-state index contributed by atoms with van der Waals surface area (Å²) in [5.74, 6) is 0.432. The molecule has 1 aliphatic heterocycles. The van der Waals surface area contributed by atoms with Crippen LogP contribution >= 0.6 is 23.2 Å². The van der Waals surface area contributed by atoms with Crippen molar-refractivity contribution in [1.82, 2.24) is 4.90 Å². The van der Waals surface area contributed by atoms with E-state index in [1.165, 1.54) is 6.07 Å². The number of halogens is 2. The third-order valence-electron chi connectivity index (χ3n) is 4.55. The lowest BCUT2D eigenvalue weighted by molar-refractivity contribution is 0.164. The van der Waals surface area contributed by atoms with E-state index in [-0.39, 0.29) is 21.8 Å². The third kappa shape index (κ3) is 3.96. The van der Waals surface area contributed by atoms with Gasteiger partial charge < -0.3 is 19.5 Å². The van der Waals surface area contributed by atoms with Crippen molar-refractivity contribution in [2.75, 3.05) is 32.5 Å². The fourth-order valence-electron chi connectivity index (χ4n) is 2.99. The van der Waals surface area contributed by atoms with Crippen molar-refractivity contribution in [2.24, 2.45) is 0 Å². The van der Waals surface area contributed by atoms with E-state index in [2.05, 4.69) is 4.72 Å². The van der Waals surface area contributed by atoms with Gasteiger partial charge in [0.2, 0.25) is 0 Å². The van der Waals surface area contributed by atoms with Gasteiger partial charge in [0.25, 0.3) is 10.0 Å². The maximum absolute atomic E-state index is 12.9. The van der Waals surface area contributed by atoms with Crippen LogP contribution in [0.5, 0.6) is 17.2 Å². The first-order valence-corrected chi connectivity index (χ1v) is 10.6. The molecule has 0 radical (unpaired) electrons. The molecule has 0 bridgehead atoms. The summed E-state index contributed by atoms with van der Waals surface area (Å²) in [6.45, 7) is 0.399. The van der Waals surface area contributed by atoms with E-state index in [0.29, 0.717) is 24.5 Å². The van der Waals surface area contributed by atoms with Crippen LogP contribution in [-0.2, 0) is 16.4 Å². The molecule has 3 rings (SSSR count). The first-order valence-electron chi connectivity index (χ1n) is 8.34. The zero-order chi connectivity index (χ0) is 20.6.